The highest BCUT2D eigenvalue weighted by Gasteiger charge is 2.19. The van der Waals surface area contributed by atoms with Gasteiger partial charge in [0.05, 0.1) is 6.54 Å². The number of nitrogens with zero attached hydrogens (tertiary/aromatic N) is 3. The van der Waals surface area contributed by atoms with Gasteiger partial charge in [0.1, 0.15) is 5.82 Å². The number of halogens is 2. The summed E-state index contributed by atoms with van der Waals surface area (Å²) < 4.78 is 28.1. The number of alkyl halides is 2. The highest BCUT2D eigenvalue weighted by molar-refractivity contribution is 7.09. The summed E-state index contributed by atoms with van der Waals surface area (Å²) in [5, 5.41) is 0. The van der Waals surface area contributed by atoms with Gasteiger partial charge in [0, 0.05) is 23.0 Å². The summed E-state index contributed by atoms with van der Waals surface area (Å²) in [6, 6.07) is 0. The Kier molecular flexibility index (Phi) is 3.69. The van der Waals surface area contributed by atoms with Crippen LogP contribution in [0.25, 0.3) is 0 Å². The quantitative estimate of drug-likeness (QED) is 0.818. The van der Waals surface area contributed by atoms with Crippen LogP contribution in [0.2, 0.25) is 0 Å². The predicted octanol–water partition coefficient (Wildman–Crippen LogP) is 2.82. The smallest absolute Gasteiger partial charge is 0.295 e. The molecular weight excluding hydrogens is 284 g/mol. The molecule has 0 amide bonds. The third-order valence-corrected chi connectivity index (χ3v) is 4.74. The maximum absolute atomic E-state index is 12.8. The van der Waals surface area contributed by atoms with E-state index >= 15 is 0 Å². The molecule has 3 rings (SSSR count). The molecule has 2 heterocycles. The third kappa shape index (κ3) is 2.42. The minimum absolute atomic E-state index is 0.0688. The number of fused-ring (bicyclic) bond motifs is 1. The van der Waals surface area contributed by atoms with Gasteiger partial charge in [-0.2, -0.15) is 8.78 Å². The Morgan fingerprint density at radius 2 is 2.10 bits per heavy atom. The van der Waals surface area contributed by atoms with Crippen molar-refractivity contribution in [1.82, 2.24) is 14.1 Å². The number of imidazole rings is 1. The van der Waals surface area contributed by atoms with Crippen molar-refractivity contribution in [3.05, 3.63) is 38.5 Å². The Hall–Kier alpha value is -1.50. The van der Waals surface area contributed by atoms with Gasteiger partial charge in [-0.05, 0) is 25.7 Å². The average Bonchev–Trinajstić information content (AvgIpc) is 2.90. The zero-order valence-electron chi connectivity index (χ0n) is 10.9. The number of hydrogen-bond donors (Lipinski definition) is 0. The van der Waals surface area contributed by atoms with Crippen LogP contribution in [0.15, 0.2) is 17.2 Å². The highest BCUT2D eigenvalue weighted by Crippen LogP contribution is 2.23. The van der Waals surface area contributed by atoms with Crippen molar-refractivity contribution in [3.63, 3.8) is 0 Å². The van der Waals surface area contributed by atoms with Gasteiger partial charge in [-0.15, -0.1) is 0 Å². The van der Waals surface area contributed by atoms with Crippen molar-refractivity contribution in [2.45, 2.75) is 45.2 Å². The summed E-state index contributed by atoms with van der Waals surface area (Å²) in [6.45, 7) is -2.50. The fourth-order valence-corrected chi connectivity index (χ4v) is 3.72. The molecule has 0 aliphatic heterocycles. The molecule has 0 fully saturated rings. The summed E-state index contributed by atoms with van der Waals surface area (Å²) in [5.74, 6) is 0.229. The van der Waals surface area contributed by atoms with Crippen molar-refractivity contribution in [2.75, 3.05) is 0 Å². The topological polar surface area (TPSA) is 39.8 Å². The van der Waals surface area contributed by atoms with Gasteiger partial charge >= 0.3 is 11.4 Å². The third-order valence-electron chi connectivity index (χ3n) is 3.65. The van der Waals surface area contributed by atoms with Crippen molar-refractivity contribution < 1.29 is 8.78 Å². The molecule has 0 radical (unpaired) electrons. The van der Waals surface area contributed by atoms with E-state index in [-0.39, 0.29) is 17.2 Å². The molecule has 0 bridgehead atoms. The molecule has 4 nitrogen and oxygen atoms in total. The molecule has 1 aliphatic rings. The second kappa shape index (κ2) is 5.47. The lowest BCUT2D eigenvalue weighted by molar-refractivity contribution is 0.0666. The van der Waals surface area contributed by atoms with Gasteiger partial charge in [0.2, 0.25) is 0 Å². The lowest BCUT2D eigenvalue weighted by atomic mass is 10.2. The Morgan fingerprint density at radius 1 is 1.30 bits per heavy atom. The van der Waals surface area contributed by atoms with Crippen molar-refractivity contribution >= 4 is 11.3 Å². The molecule has 20 heavy (non-hydrogen) atoms. The average molecular weight is 299 g/mol. The van der Waals surface area contributed by atoms with E-state index in [9.17, 15) is 13.6 Å². The zero-order valence-corrected chi connectivity index (χ0v) is 11.7. The van der Waals surface area contributed by atoms with E-state index in [2.05, 4.69) is 4.98 Å². The van der Waals surface area contributed by atoms with Gasteiger partial charge in [-0.1, -0.05) is 17.8 Å². The molecule has 0 unspecified atom stereocenters. The first-order valence-corrected chi connectivity index (χ1v) is 7.49. The SMILES string of the molecule is O=c1sc2c(n1Cc1nccn1C(F)F)CCCCC2. The first-order valence-electron chi connectivity index (χ1n) is 6.68. The van der Waals surface area contributed by atoms with Gasteiger partial charge in [-0.25, -0.2) is 4.98 Å². The van der Waals surface area contributed by atoms with Crippen molar-refractivity contribution in [3.8, 4) is 0 Å². The first-order chi connectivity index (χ1) is 9.66. The fraction of sp³-hybridized carbons (Fsp3) is 0.538. The Morgan fingerprint density at radius 3 is 2.90 bits per heavy atom. The summed E-state index contributed by atoms with van der Waals surface area (Å²) in [4.78, 5) is 17.1. The van der Waals surface area contributed by atoms with E-state index in [4.69, 9.17) is 0 Å². The van der Waals surface area contributed by atoms with E-state index in [0.717, 1.165) is 47.2 Å². The fourth-order valence-electron chi connectivity index (χ4n) is 2.65. The van der Waals surface area contributed by atoms with E-state index < -0.39 is 6.55 Å². The second-order valence-electron chi connectivity index (χ2n) is 4.91. The van der Waals surface area contributed by atoms with Crippen LogP contribution in [0.3, 0.4) is 0 Å². The summed E-state index contributed by atoms with van der Waals surface area (Å²) in [7, 11) is 0. The van der Waals surface area contributed by atoms with Crippen LogP contribution in [0.5, 0.6) is 0 Å². The standard InChI is InChI=1S/C13H15F2N3OS/c14-12(15)17-7-6-16-11(17)8-18-9-4-2-1-3-5-10(9)20-13(18)19/h6-7,12H,1-5,8H2. The second-order valence-corrected chi connectivity index (χ2v) is 5.96. The van der Waals surface area contributed by atoms with Gasteiger partial charge in [-0.3, -0.25) is 13.9 Å². The Balaban J connectivity index is 1.96. The van der Waals surface area contributed by atoms with Crippen LogP contribution in [-0.4, -0.2) is 14.1 Å². The van der Waals surface area contributed by atoms with Gasteiger partial charge in [0.25, 0.3) is 0 Å². The first kappa shape index (κ1) is 13.5. The highest BCUT2D eigenvalue weighted by atomic mass is 32.1. The van der Waals surface area contributed by atoms with Gasteiger partial charge < -0.3 is 0 Å². The Bertz CT molecular complexity index is 659. The van der Waals surface area contributed by atoms with Crippen LogP contribution in [0.4, 0.5) is 8.78 Å². The molecule has 0 saturated heterocycles. The van der Waals surface area contributed by atoms with Crippen molar-refractivity contribution in [1.29, 1.82) is 0 Å². The monoisotopic (exact) mass is 299 g/mol. The maximum Gasteiger partial charge on any atom is 0.319 e. The summed E-state index contributed by atoms with van der Waals surface area (Å²) in [6.07, 6.45) is 7.66. The number of hydrogen-bond acceptors (Lipinski definition) is 3. The number of rotatable bonds is 3. The molecule has 7 heteroatoms. The van der Waals surface area contributed by atoms with E-state index in [1.807, 2.05) is 0 Å². The minimum atomic E-state index is -2.62. The maximum atomic E-state index is 12.8. The van der Waals surface area contributed by atoms with E-state index in [1.54, 1.807) is 4.57 Å². The lowest BCUT2D eigenvalue weighted by Gasteiger charge is -2.09. The van der Waals surface area contributed by atoms with Crippen LogP contribution < -0.4 is 4.87 Å². The normalized spacial score (nSPS) is 15.3. The summed E-state index contributed by atoms with van der Waals surface area (Å²) >= 11 is 1.25. The number of aryl methyl sites for hydroxylation is 1. The molecule has 0 atom stereocenters. The minimum Gasteiger partial charge on any atom is -0.295 e. The predicted molar refractivity (Wildman–Crippen MR) is 72.4 cm³/mol. The van der Waals surface area contributed by atoms with Crippen LogP contribution in [0.1, 0.15) is 42.2 Å². The molecule has 2 aromatic heterocycles. The molecule has 1 aliphatic carbocycles. The van der Waals surface area contributed by atoms with Crippen molar-refractivity contribution in [2.24, 2.45) is 0 Å². The molecule has 108 valence electrons. The molecule has 0 saturated carbocycles. The van der Waals surface area contributed by atoms with Crippen LogP contribution in [0, 0.1) is 0 Å². The largest absolute Gasteiger partial charge is 0.319 e. The number of aromatic nitrogens is 3. The zero-order chi connectivity index (χ0) is 14.1. The molecule has 2 aromatic rings. The molecule has 0 spiro atoms. The molecule has 0 aromatic carbocycles. The molecular formula is C13H15F2N3OS. The van der Waals surface area contributed by atoms with Crippen LogP contribution >= 0.6 is 11.3 Å². The Labute approximate surface area is 118 Å². The van der Waals surface area contributed by atoms with E-state index in [1.165, 1.54) is 23.7 Å². The van der Waals surface area contributed by atoms with Gasteiger partial charge in [0.15, 0.2) is 0 Å². The summed E-state index contributed by atoms with van der Waals surface area (Å²) in [5.41, 5.74) is 1.02. The van der Waals surface area contributed by atoms with E-state index in [0.29, 0.717) is 0 Å². The number of thiazole rings is 1. The molecule has 0 N–H and O–H groups in total. The lowest BCUT2D eigenvalue weighted by Crippen LogP contribution is -2.19. The van der Waals surface area contributed by atoms with Crippen LogP contribution in [-0.2, 0) is 19.4 Å².